The SMILES string of the molecule is CCNC(=NCCc1ccc(F)cc1)NC(C)CC.I. The molecule has 0 aliphatic heterocycles. The van der Waals surface area contributed by atoms with Gasteiger partial charge in [-0.2, -0.15) is 0 Å². The maximum Gasteiger partial charge on any atom is 0.191 e. The zero-order valence-corrected chi connectivity index (χ0v) is 14.8. The second kappa shape index (κ2) is 10.9. The van der Waals surface area contributed by atoms with Crippen LogP contribution in [0.3, 0.4) is 0 Å². The molecular weight excluding hydrogens is 368 g/mol. The fourth-order valence-electron chi connectivity index (χ4n) is 1.60. The Morgan fingerprint density at radius 3 is 2.45 bits per heavy atom. The summed E-state index contributed by atoms with van der Waals surface area (Å²) in [6, 6.07) is 6.99. The van der Waals surface area contributed by atoms with E-state index in [4.69, 9.17) is 0 Å². The van der Waals surface area contributed by atoms with Gasteiger partial charge in [-0.1, -0.05) is 19.1 Å². The third kappa shape index (κ3) is 7.67. The number of aliphatic imine (C=N–C) groups is 1. The first kappa shape index (κ1) is 19.1. The van der Waals surface area contributed by atoms with E-state index >= 15 is 0 Å². The first-order valence-corrected chi connectivity index (χ1v) is 6.95. The highest BCUT2D eigenvalue weighted by atomic mass is 127. The number of hydrogen-bond donors (Lipinski definition) is 2. The smallest absolute Gasteiger partial charge is 0.191 e. The molecule has 0 radical (unpaired) electrons. The molecule has 3 nitrogen and oxygen atoms in total. The maximum atomic E-state index is 12.8. The van der Waals surface area contributed by atoms with Crippen molar-refractivity contribution in [3.8, 4) is 0 Å². The zero-order chi connectivity index (χ0) is 14.1. The second-order valence-electron chi connectivity index (χ2n) is 4.59. The molecule has 1 unspecified atom stereocenters. The Kier molecular flexibility index (Phi) is 10.4. The molecule has 0 aliphatic rings. The van der Waals surface area contributed by atoms with E-state index in [0.29, 0.717) is 12.6 Å². The van der Waals surface area contributed by atoms with Gasteiger partial charge in [-0.15, -0.1) is 24.0 Å². The van der Waals surface area contributed by atoms with Crippen molar-refractivity contribution in [1.29, 1.82) is 0 Å². The summed E-state index contributed by atoms with van der Waals surface area (Å²) >= 11 is 0. The molecule has 2 N–H and O–H groups in total. The standard InChI is InChI=1S/C15H24FN3.HI/c1-4-12(3)19-15(17-5-2)18-11-10-13-6-8-14(16)9-7-13;/h6-9,12H,4-5,10-11H2,1-3H3,(H2,17,18,19);1H. The minimum absolute atomic E-state index is 0. The molecule has 0 saturated heterocycles. The van der Waals surface area contributed by atoms with Crippen molar-refractivity contribution >= 4 is 29.9 Å². The summed E-state index contributed by atoms with van der Waals surface area (Å²) in [4.78, 5) is 4.52. The molecule has 0 bridgehead atoms. The number of rotatable bonds is 6. The summed E-state index contributed by atoms with van der Waals surface area (Å²) in [5.41, 5.74) is 1.10. The van der Waals surface area contributed by atoms with Crippen LogP contribution in [0, 0.1) is 5.82 Å². The van der Waals surface area contributed by atoms with Crippen molar-refractivity contribution < 1.29 is 4.39 Å². The van der Waals surface area contributed by atoms with Crippen LogP contribution in [0.1, 0.15) is 32.8 Å². The average molecular weight is 393 g/mol. The van der Waals surface area contributed by atoms with Crippen LogP contribution in [0.15, 0.2) is 29.3 Å². The van der Waals surface area contributed by atoms with E-state index in [2.05, 4.69) is 29.5 Å². The molecule has 5 heteroatoms. The highest BCUT2D eigenvalue weighted by molar-refractivity contribution is 14.0. The van der Waals surface area contributed by atoms with Gasteiger partial charge < -0.3 is 10.6 Å². The number of nitrogens with zero attached hydrogens (tertiary/aromatic N) is 1. The van der Waals surface area contributed by atoms with Gasteiger partial charge in [0.2, 0.25) is 0 Å². The fourth-order valence-corrected chi connectivity index (χ4v) is 1.60. The molecular formula is C15H25FIN3. The summed E-state index contributed by atoms with van der Waals surface area (Å²) in [6.07, 6.45) is 1.87. The summed E-state index contributed by atoms with van der Waals surface area (Å²) in [7, 11) is 0. The Balaban J connectivity index is 0.00000361. The molecule has 0 saturated carbocycles. The summed E-state index contributed by atoms with van der Waals surface area (Å²) < 4.78 is 12.8. The molecule has 0 aliphatic carbocycles. The minimum atomic E-state index is -0.195. The summed E-state index contributed by atoms with van der Waals surface area (Å²) in [5, 5.41) is 6.56. The fraction of sp³-hybridized carbons (Fsp3) is 0.533. The van der Waals surface area contributed by atoms with Crippen LogP contribution in [0.25, 0.3) is 0 Å². The molecule has 1 aromatic carbocycles. The van der Waals surface area contributed by atoms with Gasteiger partial charge in [0.25, 0.3) is 0 Å². The Bertz CT molecular complexity index is 393. The van der Waals surface area contributed by atoms with Crippen LogP contribution in [0.5, 0.6) is 0 Å². The molecule has 1 atom stereocenters. The van der Waals surface area contributed by atoms with Gasteiger partial charge in [-0.3, -0.25) is 4.99 Å². The van der Waals surface area contributed by atoms with E-state index in [1.54, 1.807) is 12.1 Å². The Morgan fingerprint density at radius 2 is 1.90 bits per heavy atom. The third-order valence-electron chi connectivity index (χ3n) is 2.92. The van der Waals surface area contributed by atoms with Gasteiger partial charge in [0.15, 0.2) is 5.96 Å². The lowest BCUT2D eigenvalue weighted by Gasteiger charge is -2.16. The predicted molar refractivity (Wildman–Crippen MR) is 94.4 cm³/mol. The van der Waals surface area contributed by atoms with E-state index in [-0.39, 0.29) is 29.8 Å². The molecule has 1 aromatic rings. The zero-order valence-electron chi connectivity index (χ0n) is 12.4. The Morgan fingerprint density at radius 1 is 1.25 bits per heavy atom. The number of guanidine groups is 1. The first-order chi connectivity index (χ1) is 9.15. The molecule has 0 spiro atoms. The van der Waals surface area contributed by atoms with Crippen LogP contribution in [0.2, 0.25) is 0 Å². The number of nitrogens with one attached hydrogen (secondary N) is 2. The lowest BCUT2D eigenvalue weighted by molar-refractivity contribution is 0.623. The topological polar surface area (TPSA) is 36.4 Å². The number of hydrogen-bond acceptors (Lipinski definition) is 1. The van der Waals surface area contributed by atoms with Gasteiger partial charge in [0, 0.05) is 19.1 Å². The van der Waals surface area contributed by atoms with Crippen LogP contribution >= 0.6 is 24.0 Å². The predicted octanol–water partition coefficient (Wildman–Crippen LogP) is 3.34. The first-order valence-electron chi connectivity index (χ1n) is 6.95. The molecule has 114 valence electrons. The van der Waals surface area contributed by atoms with Crippen molar-refractivity contribution in [3.05, 3.63) is 35.6 Å². The second-order valence-corrected chi connectivity index (χ2v) is 4.59. The summed E-state index contributed by atoms with van der Waals surface area (Å²) in [6.45, 7) is 7.86. The number of benzene rings is 1. The van der Waals surface area contributed by atoms with Crippen LogP contribution < -0.4 is 10.6 Å². The Hall–Kier alpha value is -0.850. The van der Waals surface area contributed by atoms with E-state index < -0.39 is 0 Å². The van der Waals surface area contributed by atoms with Crippen molar-refractivity contribution in [1.82, 2.24) is 10.6 Å². The van der Waals surface area contributed by atoms with E-state index in [9.17, 15) is 4.39 Å². The van der Waals surface area contributed by atoms with Gasteiger partial charge in [-0.05, 0) is 44.4 Å². The lowest BCUT2D eigenvalue weighted by atomic mass is 10.1. The summed E-state index contributed by atoms with van der Waals surface area (Å²) in [5.74, 6) is 0.651. The number of halogens is 2. The molecule has 0 aromatic heterocycles. The lowest BCUT2D eigenvalue weighted by Crippen LogP contribution is -2.42. The third-order valence-corrected chi connectivity index (χ3v) is 2.92. The largest absolute Gasteiger partial charge is 0.357 e. The van der Waals surface area contributed by atoms with Gasteiger partial charge in [0.1, 0.15) is 5.82 Å². The van der Waals surface area contributed by atoms with Gasteiger partial charge in [-0.25, -0.2) is 4.39 Å². The van der Waals surface area contributed by atoms with Gasteiger partial charge in [0.05, 0.1) is 0 Å². The monoisotopic (exact) mass is 393 g/mol. The van der Waals surface area contributed by atoms with E-state index in [1.165, 1.54) is 12.1 Å². The maximum absolute atomic E-state index is 12.8. The van der Waals surface area contributed by atoms with Crippen molar-refractivity contribution in [2.45, 2.75) is 39.7 Å². The van der Waals surface area contributed by atoms with Crippen molar-refractivity contribution in [2.75, 3.05) is 13.1 Å². The quantitative estimate of drug-likeness (QED) is 0.442. The van der Waals surface area contributed by atoms with Gasteiger partial charge >= 0.3 is 0 Å². The average Bonchev–Trinajstić information content (AvgIpc) is 2.41. The molecule has 0 amide bonds. The molecule has 0 fully saturated rings. The minimum Gasteiger partial charge on any atom is -0.357 e. The van der Waals surface area contributed by atoms with Crippen LogP contribution in [-0.4, -0.2) is 25.1 Å². The highest BCUT2D eigenvalue weighted by Gasteiger charge is 2.02. The van der Waals surface area contributed by atoms with Crippen LogP contribution in [-0.2, 0) is 6.42 Å². The molecule has 0 heterocycles. The van der Waals surface area contributed by atoms with Crippen molar-refractivity contribution in [3.63, 3.8) is 0 Å². The normalized spacial score (nSPS) is 12.5. The van der Waals surface area contributed by atoms with Crippen molar-refractivity contribution in [2.24, 2.45) is 4.99 Å². The van der Waals surface area contributed by atoms with E-state index in [1.807, 2.05) is 6.92 Å². The van der Waals surface area contributed by atoms with E-state index in [0.717, 1.165) is 30.9 Å². The molecule has 1 rings (SSSR count). The molecule has 20 heavy (non-hydrogen) atoms. The highest BCUT2D eigenvalue weighted by Crippen LogP contribution is 2.03. The van der Waals surface area contributed by atoms with Crippen LogP contribution in [0.4, 0.5) is 4.39 Å². The Labute approximate surface area is 138 Å².